The van der Waals surface area contributed by atoms with E-state index in [1.807, 2.05) is 38.1 Å². The Morgan fingerprint density at radius 3 is 2.45 bits per heavy atom. The third-order valence-corrected chi connectivity index (χ3v) is 5.43. The number of aromatic nitrogens is 2. The van der Waals surface area contributed by atoms with E-state index in [9.17, 15) is 10.1 Å². The molecule has 0 bridgehead atoms. The van der Waals surface area contributed by atoms with E-state index in [0.29, 0.717) is 36.7 Å². The highest BCUT2D eigenvalue weighted by Crippen LogP contribution is 2.30. The average Bonchev–Trinajstić information content (AvgIpc) is 2.75. The van der Waals surface area contributed by atoms with E-state index < -0.39 is 11.9 Å². The van der Waals surface area contributed by atoms with Crippen LogP contribution in [-0.2, 0) is 14.3 Å². The molecule has 1 fully saturated rings. The summed E-state index contributed by atoms with van der Waals surface area (Å²) in [4.78, 5) is 24.4. The number of hydrogen-bond acceptors (Lipinski definition) is 7. The maximum atomic E-state index is 12.8. The van der Waals surface area contributed by atoms with Gasteiger partial charge in [0, 0.05) is 13.1 Å². The number of carbonyl (C=O) groups is 1. The Morgan fingerprint density at radius 1 is 1.16 bits per heavy atom. The second kappa shape index (κ2) is 11.1. The molecule has 166 valence electrons. The van der Waals surface area contributed by atoms with Crippen LogP contribution in [-0.4, -0.2) is 47.8 Å². The first-order valence-corrected chi connectivity index (χ1v) is 11.3. The molecule has 2 heterocycles. The molecular formula is C24H32N4O3. The summed E-state index contributed by atoms with van der Waals surface area (Å²) in [6.45, 7) is 7.74. The van der Waals surface area contributed by atoms with Crippen molar-refractivity contribution in [3.63, 3.8) is 0 Å². The van der Waals surface area contributed by atoms with Crippen LogP contribution in [0.5, 0.6) is 0 Å². The van der Waals surface area contributed by atoms with Crippen LogP contribution in [0.2, 0.25) is 0 Å². The van der Waals surface area contributed by atoms with Crippen LogP contribution < -0.4 is 4.90 Å². The first kappa shape index (κ1) is 23.0. The number of nitriles is 1. The van der Waals surface area contributed by atoms with E-state index in [1.165, 1.54) is 12.8 Å². The van der Waals surface area contributed by atoms with Crippen molar-refractivity contribution in [2.75, 3.05) is 24.6 Å². The van der Waals surface area contributed by atoms with Gasteiger partial charge in [0.05, 0.1) is 35.9 Å². The van der Waals surface area contributed by atoms with Crippen molar-refractivity contribution in [1.29, 1.82) is 5.26 Å². The second-order valence-corrected chi connectivity index (χ2v) is 8.23. The first-order chi connectivity index (χ1) is 15.0. The van der Waals surface area contributed by atoms with Gasteiger partial charge < -0.3 is 14.4 Å². The molecule has 3 atom stereocenters. The molecule has 1 aromatic heterocycles. The third-order valence-electron chi connectivity index (χ3n) is 5.43. The number of para-hydroxylation sites is 2. The number of hydrogen-bond donors (Lipinski definition) is 0. The summed E-state index contributed by atoms with van der Waals surface area (Å²) in [6.07, 6.45) is 5.32. The number of nitrogens with zero attached hydrogens (tertiary/aromatic N) is 4. The number of ether oxygens (including phenoxy) is 2. The molecule has 1 saturated heterocycles. The van der Waals surface area contributed by atoms with E-state index >= 15 is 0 Å². The third kappa shape index (κ3) is 5.92. The summed E-state index contributed by atoms with van der Waals surface area (Å²) in [5, 5.41) is 9.86. The van der Waals surface area contributed by atoms with Gasteiger partial charge in [-0.2, -0.15) is 5.26 Å². The predicted octanol–water partition coefficient (Wildman–Crippen LogP) is 4.36. The van der Waals surface area contributed by atoms with Crippen molar-refractivity contribution >= 4 is 22.8 Å². The number of benzene rings is 1. The number of fused-ring (bicyclic) bond motifs is 1. The topological polar surface area (TPSA) is 88.3 Å². The molecule has 0 aliphatic carbocycles. The van der Waals surface area contributed by atoms with Gasteiger partial charge in [-0.25, -0.2) is 9.97 Å². The van der Waals surface area contributed by atoms with Gasteiger partial charge in [-0.3, -0.25) is 4.79 Å². The average molecular weight is 425 g/mol. The zero-order chi connectivity index (χ0) is 22.2. The predicted molar refractivity (Wildman–Crippen MR) is 120 cm³/mol. The Kier molecular flexibility index (Phi) is 8.19. The molecule has 0 saturated carbocycles. The summed E-state index contributed by atoms with van der Waals surface area (Å²) >= 11 is 0. The largest absolute Gasteiger partial charge is 0.464 e. The number of carbonyl (C=O) groups excluding carboxylic acids is 1. The van der Waals surface area contributed by atoms with Crippen molar-refractivity contribution < 1.29 is 14.3 Å². The van der Waals surface area contributed by atoms with E-state index in [1.54, 1.807) is 0 Å². The Hall–Kier alpha value is -2.72. The van der Waals surface area contributed by atoms with Crippen molar-refractivity contribution in [2.24, 2.45) is 0 Å². The maximum absolute atomic E-state index is 12.8. The molecule has 1 aromatic carbocycles. The summed E-state index contributed by atoms with van der Waals surface area (Å²) in [6, 6.07) is 9.61. The number of anilines is 1. The summed E-state index contributed by atoms with van der Waals surface area (Å²) in [7, 11) is 0. The molecule has 7 heteroatoms. The molecule has 0 N–H and O–H groups in total. The number of morpholine rings is 1. The fraction of sp³-hybridized carbons (Fsp3) is 0.583. The molecule has 0 amide bonds. The van der Waals surface area contributed by atoms with Crippen molar-refractivity contribution in [3.05, 3.63) is 30.0 Å². The molecular weight excluding hydrogens is 392 g/mol. The molecule has 2 aromatic rings. The quantitative estimate of drug-likeness (QED) is 0.436. The second-order valence-electron chi connectivity index (χ2n) is 8.23. The van der Waals surface area contributed by atoms with E-state index in [-0.39, 0.29) is 12.2 Å². The number of rotatable bonds is 9. The van der Waals surface area contributed by atoms with Crippen LogP contribution in [0.25, 0.3) is 11.0 Å². The molecule has 31 heavy (non-hydrogen) atoms. The lowest BCUT2D eigenvalue weighted by Crippen LogP contribution is -2.46. The Labute approximate surface area is 184 Å². The molecule has 0 radical (unpaired) electrons. The zero-order valence-electron chi connectivity index (χ0n) is 18.7. The zero-order valence-corrected chi connectivity index (χ0v) is 18.7. The van der Waals surface area contributed by atoms with E-state index in [0.717, 1.165) is 24.8 Å². The van der Waals surface area contributed by atoms with E-state index in [4.69, 9.17) is 19.4 Å². The lowest BCUT2D eigenvalue weighted by atomic mass is 10.1. The number of unbranched alkanes of at least 4 members (excludes halogenated alkanes) is 4. The van der Waals surface area contributed by atoms with Crippen molar-refractivity contribution in [1.82, 2.24) is 9.97 Å². The molecule has 3 rings (SSSR count). The van der Waals surface area contributed by atoms with Gasteiger partial charge in [0.1, 0.15) is 5.69 Å². The smallest absolute Gasteiger partial charge is 0.329 e. The van der Waals surface area contributed by atoms with Gasteiger partial charge in [0.15, 0.2) is 11.7 Å². The van der Waals surface area contributed by atoms with Gasteiger partial charge in [-0.15, -0.1) is 0 Å². The minimum atomic E-state index is -1.11. The van der Waals surface area contributed by atoms with Crippen LogP contribution in [0, 0.1) is 11.3 Å². The van der Waals surface area contributed by atoms with Gasteiger partial charge >= 0.3 is 5.97 Å². The van der Waals surface area contributed by atoms with Gasteiger partial charge in [0.25, 0.3) is 0 Å². The summed E-state index contributed by atoms with van der Waals surface area (Å²) in [5.74, 6) is -1.11. The first-order valence-electron chi connectivity index (χ1n) is 11.3. The minimum absolute atomic E-state index is 0.0143. The fourth-order valence-electron chi connectivity index (χ4n) is 3.97. The number of esters is 1. The SMILES string of the molecule is CCCCCCCOC(=O)C(C#N)c1nc2ccccc2nc1N1CC(C)OC(C)C1. The van der Waals surface area contributed by atoms with Gasteiger partial charge in [-0.05, 0) is 32.4 Å². The molecule has 7 nitrogen and oxygen atoms in total. The van der Waals surface area contributed by atoms with Gasteiger partial charge in [0.2, 0.25) is 0 Å². The lowest BCUT2D eigenvalue weighted by Gasteiger charge is -2.37. The fourth-order valence-corrected chi connectivity index (χ4v) is 3.97. The highest BCUT2D eigenvalue weighted by Gasteiger charge is 2.32. The standard InChI is InChI=1S/C24H32N4O3/c1-4-5-6-7-10-13-30-24(29)19(14-25)22-23(28-15-17(2)31-18(3)16-28)27-21-12-9-8-11-20(21)26-22/h8-9,11-12,17-19H,4-7,10,13,15-16H2,1-3H3. The molecule has 1 aliphatic heterocycles. The Balaban J connectivity index is 1.85. The normalized spacial score (nSPS) is 19.7. The minimum Gasteiger partial charge on any atom is -0.464 e. The maximum Gasteiger partial charge on any atom is 0.329 e. The van der Waals surface area contributed by atoms with Crippen molar-refractivity contribution in [2.45, 2.75) is 71.0 Å². The molecule has 0 spiro atoms. The van der Waals surface area contributed by atoms with Crippen LogP contribution in [0.15, 0.2) is 24.3 Å². The monoisotopic (exact) mass is 424 g/mol. The molecule has 1 aliphatic rings. The van der Waals surface area contributed by atoms with Gasteiger partial charge in [-0.1, -0.05) is 44.7 Å². The van der Waals surface area contributed by atoms with Crippen molar-refractivity contribution in [3.8, 4) is 6.07 Å². The van der Waals surface area contributed by atoms with Crippen LogP contribution in [0.3, 0.4) is 0 Å². The Bertz CT molecular complexity index is 917. The Morgan fingerprint density at radius 2 is 1.81 bits per heavy atom. The van der Waals surface area contributed by atoms with Crippen LogP contribution in [0.4, 0.5) is 5.82 Å². The van der Waals surface area contributed by atoms with Crippen LogP contribution >= 0.6 is 0 Å². The van der Waals surface area contributed by atoms with E-state index in [2.05, 4.69) is 17.9 Å². The summed E-state index contributed by atoms with van der Waals surface area (Å²) < 4.78 is 11.3. The van der Waals surface area contributed by atoms with Crippen LogP contribution in [0.1, 0.15) is 64.5 Å². The highest BCUT2D eigenvalue weighted by atomic mass is 16.5. The lowest BCUT2D eigenvalue weighted by molar-refractivity contribution is -0.144. The molecule has 3 unspecified atom stereocenters. The highest BCUT2D eigenvalue weighted by molar-refractivity contribution is 5.85. The summed E-state index contributed by atoms with van der Waals surface area (Å²) in [5.41, 5.74) is 1.75.